The lowest BCUT2D eigenvalue weighted by Gasteiger charge is -2.32. The molecule has 0 radical (unpaired) electrons. The third-order valence-electron chi connectivity index (χ3n) is 4.12. The van der Waals surface area contributed by atoms with Crippen LogP contribution in [0, 0.1) is 5.92 Å². The Labute approximate surface area is 144 Å². The molecule has 7 nitrogen and oxygen atoms in total. The number of anilines is 1. The lowest BCUT2D eigenvalue weighted by Crippen LogP contribution is -2.42. The molecule has 3 rings (SSSR count). The lowest BCUT2D eigenvalue weighted by atomic mass is 9.96. The van der Waals surface area contributed by atoms with Crippen LogP contribution in [-0.2, 0) is 14.3 Å². The smallest absolute Gasteiger partial charge is 0.325 e. The summed E-state index contributed by atoms with van der Waals surface area (Å²) in [6.45, 7) is 3.53. The second kappa shape index (κ2) is 7.57. The van der Waals surface area contributed by atoms with Gasteiger partial charge in [-0.25, -0.2) is 9.97 Å². The van der Waals surface area contributed by atoms with Crippen molar-refractivity contribution in [1.29, 1.82) is 0 Å². The van der Waals surface area contributed by atoms with Crippen LogP contribution in [0.2, 0.25) is 0 Å². The number of thiophene rings is 1. The zero-order chi connectivity index (χ0) is 16.9. The van der Waals surface area contributed by atoms with Crippen LogP contribution in [0.3, 0.4) is 0 Å². The predicted octanol–water partition coefficient (Wildman–Crippen LogP) is 1.59. The van der Waals surface area contributed by atoms with E-state index in [0.29, 0.717) is 6.61 Å². The third-order valence-corrected chi connectivity index (χ3v) is 4.94. The van der Waals surface area contributed by atoms with E-state index in [4.69, 9.17) is 4.74 Å². The van der Waals surface area contributed by atoms with Gasteiger partial charge in [0.25, 0.3) is 0 Å². The maximum atomic E-state index is 12.2. The fourth-order valence-corrected chi connectivity index (χ4v) is 3.63. The molecule has 128 valence electrons. The number of piperidine rings is 1. The van der Waals surface area contributed by atoms with Crippen molar-refractivity contribution in [2.45, 2.75) is 19.8 Å². The summed E-state index contributed by atoms with van der Waals surface area (Å²) < 4.78 is 4.81. The number of nitrogens with one attached hydrogen (secondary N) is 1. The Morgan fingerprint density at radius 2 is 2.17 bits per heavy atom. The minimum Gasteiger partial charge on any atom is -0.465 e. The Morgan fingerprint density at radius 3 is 2.92 bits per heavy atom. The molecule has 24 heavy (non-hydrogen) atoms. The van der Waals surface area contributed by atoms with E-state index in [0.717, 1.165) is 42.0 Å². The molecule has 1 aliphatic heterocycles. The topological polar surface area (TPSA) is 84.4 Å². The van der Waals surface area contributed by atoms with E-state index in [9.17, 15) is 9.59 Å². The molecule has 0 aromatic carbocycles. The van der Waals surface area contributed by atoms with Crippen molar-refractivity contribution in [2.24, 2.45) is 5.92 Å². The molecule has 1 fully saturated rings. The van der Waals surface area contributed by atoms with E-state index in [1.54, 1.807) is 24.6 Å². The highest BCUT2D eigenvalue weighted by molar-refractivity contribution is 7.16. The number of aromatic nitrogens is 2. The predicted molar refractivity (Wildman–Crippen MR) is 92.0 cm³/mol. The van der Waals surface area contributed by atoms with Gasteiger partial charge in [-0.1, -0.05) is 0 Å². The highest BCUT2D eigenvalue weighted by Gasteiger charge is 2.26. The van der Waals surface area contributed by atoms with Crippen molar-refractivity contribution >= 4 is 39.2 Å². The lowest BCUT2D eigenvalue weighted by molar-refractivity contribution is -0.143. The van der Waals surface area contributed by atoms with Crippen LogP contribution in [0.25, 0.3) is 10.2 Å². The summed E-state index contributed by atoms with van der Waals surface area (Å²) >= 11 is 1.60. The molecule has 3 heterocycles. The van der Waals surface area contributed by atoms with E-state index in [-0.39, 0.29) is 18.4 Å². The van der Waals surface area contributed by atoms with Crippen LogP contribution in [0.1, 0.15) is 19.8 Å². The van der Waals surface area contributed by atoms with Gasteiger partial charge >= 0.3 is 5.97 Å². The number of ether oxygens (including phenoxy) is 1. The van der Waals surface area contributed by atoms with Crippen LogP contribution >= 0.6 is 11.3 Å². The number of fused-ring (bicyclic) bond motifs is 1. The monoisotopic (exact) mass is 348 g/mol. The molecule has 0 atom stereocenters. The first kappa shape index (κ1) is 16.6. The quantitative estimate of drug-likeness (QED) is 0.826. The molecule has 0 saturated carbocycles. The number of rotatable bonds is 5. The number of carbonyl (C=O) groups excluding carboxylic acids is 2. The second-order valence-electron chi connectivity index (χ2n) is 5.62. The first-order chi connectivity index (χ1) is 11.7. The average molecular weight is 348 g/mol. The highest BCUT2D eigenvalue weighted by atomic mass is 32.1. The molecule has 2 aromatic rings. The third kappa shape index (κ3) is 3.64. The number of hydrogen-bond acceptors (Lipinski definition) is 7. The molecule has 2 aromatic heterocycles. The zero-order valence-electron chi connectivity index (χ0n) is 13.5. The Balaban J connectivity index is 1.55. The maximum Gasteiger partial charge on any atom is 0.325 e. The SMILES string of the molecule is CCOC(=O)CNC(=O)C1CCN(c2ncnc3sccc23)CC1. The fraction of sp³-hybridized carbons (Fsp3) is 0.500. The standard InChI is InChI=1S/C16H20N4O3S/c1-2-23-13(21)9-17-15(22)11-3-6-20(7-4-11)14-12-5-8-24-16(12)19-10-18-14/h5,8,10-11H,2-4,6-7,9H2,1H3,(H,17,22). The summed E-state index contributed by atoms with van der Waals surface area (Å²) in [6, 6.07) is 2.04. The van der Waals surface area contributed by atoms with Gasteiger partial charge in [0.15, 0.2) is 0 Å². The Kier molecular flexibility index (Phi) is 5.24. The number of hydrogen-bond donors (Lipinski definition) is 1. The molecule has 1 aliphatic rings. The Morgan fingerprint density at radius 1 is 1.38 bits per heavy atom. The van der Waals surface area contributed by atoms with Gasteiger partial charge in [-0.05, 0) is 31.2 Å². The van der Waals surface area contributed by atoms with Gasteiger partial charge < -0.3 is 15.0 Å². The first-order valence-electron chi connectivity index (χ1n) is 8.05. The average Bonchev–Trinajstić information content (AvgIpc) is 3.09. The van der Waals surface area contributed by atoms with Crippen molar-refractivity contribution in [1.82, 2.24) is 15.3 Å². The van der Waals surface area contributed by atoms with Gasteiger partial charge in [-0.2, -0.15) is 0 Å². The molecule has 0 aliphatic carbocycles. The van der Waals surface area contributed by atoms with Gasteiger partial charge in [-0.15, -0.1) is 11.3 Å². The van der Waals surface area contributed by atoms with Gasteiger partial charge in [0, 0.05) is 19.0 Å². The van der Waals surface area contributed by atoms with E-state index >= 15 is 0 Å². The molecule has 1 amide bonds. The first-order valence-corrected chi connectivity index (χ1v) is 8.93. The Hall–Kier alpha value is -2.22. The minimum atomic E-state index is -0.399. The van der Waals surface area contributed by atoms with Gasteiger partial charge in [0.05, 0.1) is 12.0 Å². The van der Waals surface area contributed by atoms with Crippen LogP contribution < -0.4 is 10.2 Å². The van der Waals surface area contributed by atoms with Crippen molar-refractivity contribution in [3.05, 3.63) is 17.8 Å². The van der Waals surface area contributed by atoms with Crippen molar-refractivity contribution in [3.8, 4) is 0 Å². The van der Waals surface area contributed by atoms with Crippen molar-refractivity contribution < 1.29 is 14.3 Å². The molecule has 0 unspecified atom stereocenters. The summed E-state index contributed by atoms with van der Waals surface area (Å²) in [4.78, 5) is 35.3. The van der Waals surface area contributed by atoms with E-state index in [1.165, 1.54) is 0 Å². The molecule has 0 spiro atoms. The number of carbonyl (C=O) groups is 2. The highest BCUT2D eigenvalue weighted by Crippen LogP contribution is 2.29. The van der Waals surface area contributed by atoms with E-state index in [2.05, 4.69) is 20.2 Å². The van der Waals surface area contributed by atoms with Gasteiger partial charge in [0.1, 0.15) is 23.5 Å². The largest absolute Gasteiger partial charge is 0.465 e. The molecular formula is C16H20N4O3S. The van der Waals surface area contributed by atoms with E-state index < -0.39 is 5.97 Å². The Bertz CT molecular complexity index is 725. The van der Waals surface area contributed by atoms with Crippen LogP contribution in [0.5, 0.6) is 0 Å². The van der Waals surface area contributed by atoms with Crippen LogP contribution in [-0.4, -0.2) is 48.1 Å². The number of amides is 1. The molecular weight excluding hydrogens is 328 g/mol. The summed E-state index contributed by atoms with van der Waals surface area (Å²) in [5.74, 6) is 0.386. The molecule has 1 saturated heterocycles. The van der Waals surface area contributed by atoms with Crippen molar-refractivity contribution in [2.75, 3.05) is 31.1 Å². The maximum absolute atomic E-state index is 12.2. The summed E-state index contributed by atoms with van der Waals surface area (Å²) in [5, 5.41) is 5.74. The minimum absolute atomic E-state index is 0.0612. The normalized spacial score (nSPS) is 15.5. The number of nitrogens with zero attached hydrogens (tertiary/aromatic N) is 3. The molecule has 8 heteroatoms. The van der Waals surface area contributed by atoms with Gasteiger partial charge in [0.2, 0.25) is 5.91 Å². The van der Waals surface area contributed by atoms with Crippen LogP contribution in [0.4, 0.5) is 5.82 Å². The van der Waals surface area contributed by atoms with Crippen molar-refractivity contribution in [3.63, 3.8) is 0 Å². The van der Waals surface area contributed by atoms with Gasteiger partial charge in [-0.3, -0.25) is 9.59 Å². The fourth-order valence-electron chi connectivity index (χ4n) is 2.90. The second-order valence-corrected chi connectivity index (χ2v) is 6.52. The zero-order valence-corrected chi connectivity index (χ0v) is 14.3. The van der Waals surface area contributed by atoms with Crippen LogP contribution in [0.15, 0.2) is 17.8 Å². The summed E-state index contributed by atoms with van der Waals surface area (Å²) in [6.07, 6.45) is 3.07. The van der Waals surface area contributed by atoms with E-state index in [1.807, 2.05) is 11.4 Å². The molecule has 0 bridgehead atoms. The molecule has 1 N–H and O–H groups in total. The summed E-state index contributed by atoms with van der Waals surface area (Å²) in [5.41, 5.74) is 0. The summed E-state index contributed by atoms with van der Waals surface area (Å²) in [7, 11) is 0. The number of esters is 1.